The predicted octanol–water partition coefficient (Wildman–Crippen LogP) is -0.0258. The normalized spacial score (nSPS) is 21.6. The van der Waals surface area contributed by atoms with Crippen molar-refractivity contribution < 1.29 is 28.6 Å². The first kappa shape index (κ1) is 19.9. The molecule has 9 nitrogen and oxygen atoms in total. The number of amides is 3. The molecule has 3 amide bonds. The van der Waals surface area contributed by atoms with Crippen molar-refractivity contribution >= 4 is 29.3 Å². The third-order valence-corrected chi connectivity index (χ3v) is 4.73. The van der Waals surface area contributed by atoms with Gasteiger partial charge in [-0.15, -0.1) is 0 Å². The standard InChI is InChI=1S/C18H23FN4O5/c1-11(25)20-7-14-9-23(18(27)28-14)13-2-3-16(15(19)6-13)22-5-4-12(8-22)21-17(26)10-24/h2-3,6,12,14,24H,4-5,7-10H2,1H3,(H,20,25)(H,21,26)/t12?,14-/m0/s1. The quantitative estimate of drug-likeness (QED) is 0.625. The molecule has 2 aliphatic rings. The second-order valence-corrected chi connectivity index (χ2v) is 6.85. The molecule has 2 aliphatic heterocycles. The summed E-state index contributed by atoms with van der Waals surface area (Å²) in [5, 5.41) is 14.1. The number of ether oxygens (including phenoxy) is 1. The van der Waals surface area contributed by atoms with E-state index in [4.69, 9.17) is 9.84 Å². The zero-order valence-electron chi connectivity index (χ0n) is 15.5. The molecule has 2 atom stereocenters. The van der Waals surface area contributed by atoms with Crippen LogP contribution in [0.25, 0.3) is 0 Å². The Labute approximate surface area is 161 Å². The van der Waals surface area contributed by atoms with E-state index in [9.17, 15) is 18.8 Å². The Hall–Kier alpha value is -2.88. The first-order valence-electron chi connectivity index (χ1n) is 9.04. The number of rotatable bonds is 6. The second kappa shape index (κ2) is 8.42. The van der Waals surface area contributed by atoms with Gasteiger partial charge in [0.25, 0.3) is 0 Å². The molecular weight excluding hydrogens is 371 g/mol. The maximum absolute atomic E-state index is 14.7. The molecule has 1 aromatic rings. The Morgan fingerprint density at radius 1 is 1.36 bits per heavy atom. The minimum Gasteiger partial charge on any atom is -0.442 e. The molecule has 0 aliphatic carbocycles. The van der Waals surface area contributed by atoms with Crippen LogP contribution in [-0.2, 0) is 14.3 Å². The van der Waals surface area contributed by atoms with Gasteiger partial charge in [0, 0.05) is 26.1 Å². The van der Waals surface area contributed by atoms with Crippen LogP contribution in [0.3, 0.4) is 0 Å². The smallest absolute Gasteiger partial charge is 0.414 e. The number of aliphatic hydroxyl groups is 1. The van der Waals surface area contributed by atoms with Gasteiger partial charge in [0.15, 0.2) is 0 Å². The highest BCUT2D eigenvalue weighted by atomic mass is 19.1. The summed E-state index contributed by atoms with van der Waals surface area (Å²) >= 11 is 0. The second-order valence-electron chi connectivity index (χ2n) is 6.85. The fraction of sp³-hybridized carbons (Fsp3) is 0.500. The highest BCUT2D eigenvalue weighted by molar-refractivity contribution is 5.90. The molecule has 28 heavy (non-hydrogen) atoms. The van der Waals surface area contributed by atoms with Crippen molar-refractivity contribution in [1.29, 1.82) is 0 Å². The number of nitrogens with one attached hydrogen (secondary N) is 2. The molecule has 152 valence electrons. The number of cyclic esters (lactones) is 1. The number of hydrogen-bond donors (Lipinski definition) is 3. The van der Waals surface area contributed by atoms with Crippen molar-refractivity contribution in [3.05, 3.63) is 24.0 Å². The van der Waals surface area contributed by atoms with E-state index in [0.29, 0.717) is 30.9 Å². The van der Waals surface area contributed by atoms with E-state index in [1.54, 1.807) is 12.1 Å². The summed E-state index contributed by atoms with van der Waals surface area (Å²) in [7, 11) is 0. The van der Waals surface area contributed by atoms with Crippen LogP contribution in [-0.4, -0.2) is 67.9 Å². The summed E-state index contributed by atoms with van der Waals surface area (Å²) in [6.07, 6.45) is -0.431. The van der Waals surface area contributed by atoms with Gasteiger partial charge in [-0.3, -0.25) is 14.5 Å². The van der Waals surface area contributed by atoms with Crippen LogP contribution in [0.15, 0.2) is 18.2 Å². The van der Waals surface area contributed by atoms with Gasteiger partial charge in [-0.05, 0) is 24.6 Å². The first-order chi connectivity index (χ1) is 13.4. The average molecular weight is 394 g/mol. The van der Waals surface area contributed by atoms with Crippen molar-refractivity contribution in [1.82, 2.24) is 10.6 Å². The maximum Gasteiger partial charge on any atom is 0.414 e. The van der Waals surface area contributed by atoms with E-state index in [1.807, 2.05) is 4.90 Å². The Morgan fingerprint density at radius 3 is 2.82 bits per heavy atom. The third-order valence-electron chi connectivity index (χ3n) is 4.73. The highest BCUT2D eigenvalue weighted by Gasteiger charge is 2.33. The zero-order valence-corrected chi connectivity index (χ0v) is 15.5. The van der Waals surface area contributed by atoms with E-state index in [-0.39, 0.29) is 25.0 Å². The summed E-state index contributed by atoms with van der Waals surface area (Å²) in [6.45, 7) is 2.22. The van der Waals surface area contributed by atoms with Gasteiger partial charge in [-0.1, -0.05) is 0 Å². The summed E-state index contributed by atoms with van der Waals surface area (Å²) in [5.41, 5.74) is 0.757. The lowest BCUT2D eigenvalue weighted by molar-refractivity contribution is -0.124. The van der Waals surface area contributed by atoms with E-state index >= 15 is 0 Å². The summed E-state index contributed by atoms with van der Waals surface area (Å²) < 4.78 is 19.9. The van der Waals surface area contributed by atoms with Gasteiger partial charge in [-0.25, -0.2) is 9.18 Å². The van der Waals surface area contributed by atoms with Crippen LogP contribution < -0.4 is 20.4 Å². The minimum absolute atomic E-state index is 0.151. The fourth-order valence-corrected chi connectivity index (χ4v) is 3.39. The predicted molar refractivity (Wildman–Crippen MR) is 98.5 cm³/mol. The molecule has 3 N–H and O–H groups in total. The van der Waals surface area contributed by atoms with Crippen LogP contribution in [0.2, 0.25) is 0 Å². The van der Waals surface area contributed by atoms with Gasteiger partial charge < -0.3 is 25.4 Å². The molecule has 1 unspecified atom stereocenters. The van der Waals surface area contributed by atoms with E-state index in [0.717, 1.165) is 0 Å². The largest absolute Gasteiger partial charge is 0.442 e. The number of hydrogen-bond acceptors (Lipinski definition) is 6. The lowest BCUT2D eigenvalue weighted by Gasteiger charge is -2.21. The van der Waals surface area contributed by atoms with E-state index in [1.165, 1.54) is 17.9 Å². The van der Waals surface area contributed by atoms with Crippen molar-refractivity contribution in [2.24, 2.45) is 0 Å². The molecule has 10 heteroatoms. The summed E-state index contributed by atoms with van der Waals surface area (Å²) in [5.74, 6) is -1.15. The Bertz CT molecular complexity index is 774. The molecule has 3 rings (SSSR count). The number of carbonyl (C=O) groups excluding carboxylic acids is 3. The monoisotopic (exact) mass is 394 g/mol. The number of halogens is 1. The Kier molecular flexibility index (Phi) is 5.98. The van der Waals surface area contributed by atoms with Crippen molar-refractivity contribution in [3.63, 3.8) is 0 Å². The molecule has 2 heterocycles. The number of carbonyl (C=O) groups is 3. The molecule has 2 fully saturated rings. The lowest BCUT2D eigenvalue weighted by atomic mass is 10.2. The van der Waals surface area contributed by atoms with Gasteiger partial charge in [0.1, 0.15) is 18.5 Å². The van der Waals surface area contributed by atoms with Gasteiger partial charge in [-0.2, -0.15) is 0 Å². The first-order valence-corrected chi connectivity index (χ1v) is 9.04. The van der Waals surface area contributed by atoms with E-state index < -0.39 is 30.5 Å². The van der Waals surface area contributed by atoms with Crippen LogP contribution in [0.5, 0.6) is 0 Å². The average Bonchev–Trinajstić information content (AvgIpc) is 3.26. The summed E-state index contributed by atoms with van der Waals surface area (Å²) in [6, 6.07) is 4.36. The third kappa shape index (κ3) is 4.50. The number of benzene rings is 1. The van der Waals surface area contributed by atoms with Crippen LogP contribution in [0, 0.1) is 5.82 Å². The SMILES string of the molecule is CC(=O)NC[C@H]1CN(c2ccc(N3CCC(NC(=O)CO)C3)c(F)c2)C(=O)O1. The van der Waals surface area contributed by atoms with Gasteiger partial charge in [0.2, 0.25) is 11.8 Å². The molecule has 0 radical (unpaired) electrons. The molecule has 2 saturated heterocycles. The van der Waals surface area contributed by atoms with Crippen LogP contribution >= 0.6 is 0 Å². The minimum atomic E-state index is -0.588. The Morgan fingerprint density at radius 2 is 2.14 bits per heavy atom. The molecule has 0 aromatic heterocycles. The number of aliphatic hydroxyl groups excluding tert-OH is 1. The molecule has 0 spiro atoms. The highest BCUT2D eigenvalue weighted by Crippen LogP contribution is 2.29. The zero-order chi connectivity index (χ0) is 20.3. The molecule has 1 aromatic carbocycles. The molecular formula is C18H23FN4O5. The van der Waals surface area contributed by atoms with Crippen molar-refractivity contribution in [2.75, 3.05) is 42.6 Å². The van der Waals surface area contributed by atoms with Crippen LogP contribution in [0.4, 0.5) is 20.6 Å². The van der Waals surface area contributed by atoms with Crippen LogP contribution in [0.1, 0.15) is 13.3 Å². The number of anilines is 2. The Balaban J connectivity index is 1.64. The summed E-state index contributed by atoms with van der Waals surface area (Å²) in [4.78, 5) is 37.5. The molecule has 0 bridgehead atoms. The van der Waals surface area contributed by atoms with E-state index in [2.05, 4.69) is 10.6 Å². The fourth-order valence-electron chi connectivity index (χ4n) is 3.39. The van der Waals surface area contributed by atoms with Crippen molar-refractivity contribution in [2.45, 2.75) is 25.5 Å². The van der Waals surface area contributed by atoms with Crippen molar-refractivity contribution in [3.8, 4) is 0 Å². The van der Waals surface area contributed by atoms with Gasteiger partial charge >= 0.3 is 6.09 Å². The lowest BCUT2D eigenvalue weighted by Crippen LogP contribution is -2.38. The number of nitrogens with zero attached hydrogens (tertiary/aromatic N) is 2. The molecule has 0 saturated carbocycles. The topological polar surface area (TPSA) is 111 Å². The van der Waals surface area contributed by atoms with Gasteiger partial charge in [0.05, 0.1) is 24.5 Å². The maximum atomic E-state index is 14.7.